The normalized spacial score (nSPS) is 15.4. The van der Waals surface area contributed by atoms with Gasteiger partial charge in [-0.25, -0.2) is 9.37 Å². The number of carbonyl (C=O) groups excluding carboxylic acids is 1. The number of nitrogens with one attached hydrogen (secondary N) is 1. The fourth-order valence-corrected chi connectivity index (χ4v) is 5.54. The summed E-state index contributed by atoms with van der Waals surface area (Å²) in [5.41, 5.74) is 9.64. The first-order valence-corrected chi connectivity index (χ1v) is 11.7. The van der Waals surface area contributed by atoms with E-state index in [0.29, 0.717) is 10.9 Å². The van der Waals surface area contributed by atoms with Crippen molar-refractivity contribution in [3.05, 3.63) is 76.0 Å². The van der Waals surface area contributed by atoms with Crippen molar-refractivity contribution < 1.29 is 9.18 Å². The van der Waals surface area contributed by atoms with Crippen LogP contribution in [-0.4, -0.2) is 40.4 Å². The number of carbonyl (C=O) groups is 1. The molecule has 3 N–H and O–H groups in total. The Kier molecular flexibility index (Phi) is 5.76. The van der Waals surface area contributed by atoms with E-state index in [0.717, 1.165) is 55.0 Å². The van der Waals surface area contributed by atoms with Gasteiger partial charge in [-0.1, -0.05) is 18.2 Å². The number of hydrogen-bond donors (Lipinski definition) is 2. The number of hydrogen-bond acceptors (Lipinski definition) is 4. The molecule has 5 rings (SSSR count). The Morgan fingerprint density at radius 2 is 1.91 bits per heavy atom. The minimum absolute atomic E-state index is 0.293. The van der Waals surface area contributed by atoms with E-state index in [-0.39, 0.29) is 5.82 Å². The van der Waals surface area contributed by atoms with Gasteiger partial charge in [0.05, 0.1) is 5.69 Å². The molecular formula is C25H25FN4OS. The van der Waals surface area contributed by atoms with E-state index in [9.17, 15) is 9.18 Å². The predicted molar refractivity (Wildman–Crippen MR) is 126 cm³/mol. The molecule has 1 amide bonds. The summed E-state index contributed by atoms with van der Waals surface area (Å²) in [5.74, 6) is -0.245. The van der Waals surface area contributed by atoms with Crippen LogP contribution in [0.1, 0.15) is 39.0 Å². The molecule has 3 heterocycles. The minimum Gasteiger partial charge on any atom is -0.364 e. The van der Waals surface area contributed by atoms with Crippen molar-refractivity contribution in [1.82, 2.24) is 14.9 Å². The summed E-state index contributed by atoms with van der Waals surface area (Å²) in [6.07, 6.45) is 5.21. The number of nitrogens with two attached hydrogens (primary N) is 1. The van der Waals surface area contributed by atoms with Gasteiger partial charge in [0, 0.05) is 34.1 Å². The number of benzene rings is 2. The molecule has 0 saturated carbocycles. The zero-order valence-electron chi connectivity index (χ0n) is 17.7. The highest BCUT2D eigenvalue weighted by molar-refractivity contribution is 7.14. The minimum atomic E-state index is -0.524. The van der Waals surface area contributed by atoms with Crippen LogP contribution in [0.3, 0.4) is 0 Å². The van der Waals surface area contributed by atoms with Crippen molar-refractivity contribution in [3.8, 4) is 11.3 Å². The summed E-state index contributed by atoms with van der Waals surface area (Å²) < 4.78 is 13.3. The van der Waals surface area contributed by atoms with Crippen LogP contribution in [0.15, 0.2) is 54.7 Å². The summed E-state index contributed by atoms with van der Waals surface area (Å²) in [4.78, 5) is 23.0. The van der Waals surface area contributed by atoms with E-state index in [4.69, 9.17) is 5.73 Å². The number of nitrogens with zero attached hydrogens (tertiary/aromatic N) is 2. The number of fused-ring (bicyclic) bond motifs is 1. The van der Waals surface area contributed by atoms with Crippen LogP contribution >= 0.6 is 11.3 Å². The van der Waals surface area contributed by atoms with E-state index in [1.807, 2.05) is 0 Å². The molecule has 0 spiro atoms. The molecule has 5 nitrogen and oxygen atoms in total. The first-order valence-electron chi connectivity index (χ1n) is 10.9. The molecule has 2 aromatic heterocycles. The van der Waals surface area contributed by atoms with Crippen molar-refractivity contribution in [3.63, 3.8) is 0 Å². The van der Waals surface area contributed by atoms with Crippen molar-refractivity contribution in [1.29, 1.82) is 0 Å². The van der Waals surface area contributed by atoms with Gasteiger partial charge in [-0.3, -0.25) is 4.79 Å². The van der Waals surface area contributed by atoms with E-state index < -0.39 is 5.91 Å². The maximum Gasteiger partial charge on any atom is 0.277 e. The molecule has 0 bridgehead atoms. The molecule has 0 radical (unpaired) electrons. The monoisotopic (exact) mass is 448 g/mol. The number of rotatable bonds is 6. The molecule has 1 aliphatic heterocycles. The van der Waals surface area contributed by atoms with Gasteiger partial charge in [0.2, 0.25) is 0 Å². The maximum absolute atomic E-state index is 13.3. The third kappa shape index (κ3) is 4.18. The maximum atomic E-state index is 13.3. The van der Waals surface area contributed by atoms with Crippen molar-refractivity contribution >= 4 is 28.1 Å². The molecule has 1 aliphatic rings. The lowest BCUT2D eigenvalue weighted by atomic mass is 9.89. The van der Waals surface area contributed by atoms with Crippen LogP contribution < -0.4 is 5.73 Å². The summed E-state index contributed by atoms with van der Waals surface area (Å²) >= 11 is 1.34. The summed E-state index contributed by atoms with van der Waals surface area (Å²) in [6.45, 7) is 2.98. The Labute approximate surface area is 190 Å². The highest BCUT2D eigenvalue weighted by atomic mass is 32.1. The zero-order valence-corrected chi connectivity index (χ0v) is 18.5. The lowest BCUT2D eigenvalue weighted by molar-refractivity contribution is 0.1000. The SMILES string of the molecule is NC(=O)c1nc(-c2ccc(F)cc2)c(CCN2CCC(c3c[nH]c4ccccc34)CC2)s1. The molecule has 0 unspecified atom stereocenters. The second-order valence-corrected chi connectivity index (χ2v) is 9.40. The van der Waals surface area contributed by atoms with Gasteiger partial charge >= 0.3 is 0 Å². The van der Waals surface area contributed by atoms with Gasteiger partial charge in [0.15, 0.2) is 5.01 Å². The van der Waals surface area contributed by atoms with Gasteiger partial charge in [0.25, 0.3) is 5.91 Å². The second kappa shape index (κ2) is 8.84. The van der Waals surface area contributed by atoms with Crippen LogP contribution in [0.2, 0.25) is 0 Å². The van der Waals surface area contributed by atoms with Crippen molar-refractivity contribution in [2.75, 3.05) is 19.6 Å². The molecule has 1 fully saturated rings. The third-order valence-electron chi connectivity index (χ3n) is 6.33. The Hall–Kier alpha value is -3.03. The summed E-state index contributed by atoms with van der Waals surface area (Å²) in [5, 5.41) is 1.64. The van der Waals surface area contributed by atoms with Crippen LogP contribution in [0.5, 0.6) is 0 Å². The molecule has 4 aromatic rings. The lowest BCUT2D eigenvalue weighted by Gasteiger charge is -2.31. The first-order chi connectivity index (χ1) is 15.6. The Morgan fingerprint density at radius 3 is 2.66 bits per heavy atom. The largest absolute Gasteiger partial charge is 0.364 e. The third-order valence-corrected chi connectivity index (χ3v) is 7.46. The molecule has 2 aromatic carbocycles. The van der Waals surface area contributed by atoms with Gasteiger partial charge in [-0.2, -0.15) is 0 Å². The average molecular weight is 449 g/mol. The molecule has 0 atom stereocenters. The van der Waals surface area contributed by atoms with E-state index in [2.05, 4.69) is 45.3 Å². The molecule has 164 valence electrons. The van der Waals surface area contributed by atoms with Crippen molar-refractivity contribution in [2.24, 2.45) is 5.73 Å². The number of halogens is 1. The summed E-state index contributed by atoms with van der Waals surface area (Å²) in [6, 6.07) is 14.7. The zero-order chi connectivity index (χ0) is 22.1. The smallest absolute Gasteiger partial charge is 0.277 e. The fourth-order valence-electron chi connectivity index (χ4n) is 4.62. The lowest BCUT2D eigenvalue weighted by Crippen LogP contribution is -2.34. The average Bonchev–Trinajstić information content (AvgIpc) is 3.43. The van der Waals surface area contributed by atoms with Crippen LogP contribution in [0.4, 0.5) is 4.39 Å². The molecular weight excluding hydrogens is 423 g/mol. The Balaban J connectivity index is 1.25. The number of para-hydroxylation sites is 1. The van der Waals surface area contributed by atoms with Gasteiger partial charge < -0.3 is 15.6 Å². The van der Waals surface area contributed by atoms with E-state index >= 15 is 0 Å². The number of aromatic amines is 1. The second-order valence-electron chi connectivity index (χ2n) is 8.32. The highest BCUT2D eigenvalue weighted by Crippen LogP contribution is 2.34. The number of primary amides is 1. The van der Waals surface area contributed by atoms with Crippen molar-refractivity contribution in [2.45, 2.75) is 25.2 Å². The first kappa shape index (κ1) is 20.8. The number of thiazole rings is 1. The van der Waals surface area contributed by atoms with Gasteiger partial charge in [0.1, 0.15) is 5.82 Å². The highest BCUT2D eigenvalue weighted by Gasteiger charge is 2.23. The van der Waals surface area contributed by atoms with Gasteiger partial charge in [-0.05, 0) is 74.2 Å². The molecule has 7 heteroatoms. The van der Waals surface area contributed by atoms with Crippen LogP contribution in [0.25, 0.3) is 22.2 Å². The number of amides is 1. The van der Waals surface area contributed by atoms with Crippen LogP contribution in [-0.2, 0) is 6.42 Å². The van der Waals surface area contributed by atoms with Gasteiger partial charge in [-0.15, -0.1) is 11.3 Å². The Morgan fingerprint density at radius 1 is 1.16 bits per heavy atom. The van der Waals surface area contributed by atoms with Crippen LogP contribution in [0, 0.1) is 5.82 Å². The topological polar surface area (TPSA) is 75.0 Å². The summed E-state index contributed by atoms with van der Waals surface area (Å²) in [7, 11) is 0. The quantitative estimate of drug-likeness (QED) is 0.438. The van der Waals surface area contributed by atoms with E-state index in [1.54, 1.807) is 12.1 Å². The molecule has 1 saturated heterocycles. The number of aromatic nitrogens is 2. The fraction of sp³-hybridized carbons (Fsp3) is 0.280. The molecule has 32 heavy (non-hydrogen) atoms. The number of H-pyrrole nitrogens is 1. The van der Waals surface area contributed by atoms with E-state index in [1.165, 1.54) is 39.9 Å². The number of piperidine rings is 1. The molecule has 0 aliphatic carbocycles. The standard InChI is InChI=1S/C25H25FN4OS/c26-18-7-5-17(6-8-18)23-22(32-25(29-23)24(27)31)11-14-30-12-9-16(10-13-30)20-15-28-21-4-2-1-3-19(20)21/h1-8,15-16,28H,9-14H2,(H2,27,31). The number of likely N-dealkylation sites (tertiary alicyclic amines) is 1. The Bertz CT molecular complexity index is 1240. The predicted octanol–water partition coefficient (Wildman–Crippen LogP) is 4.95.